The number of benzene rings is 2. The minimum Gasteiger partial charge on any atom is -0.485 e. The van der Waals surface area contributed by atoms with E-state index in [2.05, 4.69) is 24.8 Å². The summed E-state index contributed by atoms with van der Waals surface area (Å²) in [6.45, 7) is 9.04. The standard InChI is InChI=1S/C23H26N4O2S/c1-2-12-26-22(24-27(23(26)30)18-25-13-15-28-16-14-25)17-29-21-11-7-6-10-20(21)19-8-4-3-5-9-19/h2-11H,1,12-18H2/p+1. The third-order valence-electron chi connectivity index (χ3n) is 5.21. The fourth-order valence-electron chi connectivity index (χ4n) is 3.63. The highest BCUT2D eigenvalue weighted by Gasteiger charge is 2.18. The predicted octanol–water partition coefficient (Wildman–Crippen LogP) is 2.72. The average Bonchev–Trinajstić information content (AvgIpc) is 3.08. The van der Waals surface area contributed by atoms with Gasteiger partial charge in [0.05, 0.1) is 13.2 Å². The summed E-state index contributed by atoms with van der Waals surface area (Å²) in [6.07, 6.45) is 1.84. The van der Waals surface area contributed by atoms with E-state index in [0.717, 1.165) is 55.7 Å². The highest BCUT2D eigenvalue weighted by Crippen LogP contribution is 2.30. The summed E-state index contributed by atoms with van der Waals surface area (Å²) in [4.78, 5) is 1.42. The minimum atomic E-state index is 0.340. The van der Waals surface area contributed by atoms with Gasteiger partial charge in [0.1, 0.15) is 25.4 Å². The van der Waals surface area contributed by atoms with Crippen molar-refractivity contribution in [1.82, 2.24) is 14.3 Å². The van der Waals surface area contributed by atoms with E-state index in [0.29, 0.717) is 17.9 Å². The zero-order chi connectivity index (χ0) is 20.8. The van der Waals surface area contributed by atoms with Crippen LogP contribution in [-0.4, -0.2) is 40.7 Å². The van der Waals surface area contributed by atoms with E-state index in [1.165, 1.54) is 4.90 Å². The molecular weight excluding hydrogens is 396 g/mol. The molecule has 30 heavy (non-hydrogen) atoms. The van der Waals surface area contributed by atoms with E-state index in [4.69, 9.17) is 26.8 Å². The Morgan fingerprint density at radius 2 is 1.83 bits per heavy atom. The normalized spacial score (nSPS) is 14.5. The van der Waals surface area contributed by atoms with Crippen molar-refractivity contribution in [3.8, 4) is 16.9 Å². The molecule has 6 nitrogen and oxygen atoms in total. The maximum atomic E-state index is 6.22. The number of hydrogen-bond acceptors (Lipinski definition) is 4. The van der Waals surface area contributed by atoms with Gasteiger partial charge in [-0.1, -0.05) is 54.6 Å². The van der Waals surface area contributed by atoms with Gasteiger partial charge in [-0.05, 0) is 23.8 Å². The maximum Gasteiger partial charge on any atom is 0.203 e. The molecule has 1 fully saturated rings. The van der Waals surface area contributed by atoms with Crippen molar-refractivity contribution < 1.29 is 14.4 Å². The smallest absolute Gasteiger partial charge is 0.203 e. The monoisotopic (exact) mass is 423 g/mol. The number of hydrogen-bond donors (Lipinski definition) is 1. The number of allylic oxidation sites excluding steroid dienone is 1. The number of aromatic nitrogens is 3. The summed E-state index contributed by atoms with van der Waals surface area (Å²) in [5.41, 5.74) is 2.18. The summed E-state index contributed by atoms with van der Waals surface area (Å²) in [6, 6.07) is 18.3. The van der Waals surface area contributed by atoms with Crippen LogP contribution in [0.4, 0.5) is 0 Å². The second-order valence-corrected chi connectivity index (χ2v) is 7.63. The molecule has 1 aromatic heterocycles. The molecule has 1 aliphatic heterocycles. The van der Waals surface area contributed by atoms with E-state index < -0.39 is 0 Å². The SMILES string of the molecule is C=CCn1c(COc2ccccc2-c2ccccc2)nn(C[NH+]2CCOCC2)c1=S. The maximum absolute atomic E-state index is 6.22. The third-order valence-corrected chi connectivity index (χ3v) is 5.64. The molecule has 3 aromatic rings. The first kappa shape index (κ1) is 20.5. The van der Waals surface area contributed by atoms with Crippen LogP contribution in [0, 0.1) is 4.77 Å². The molecule has 0 amide bonds. The molecule has 0 aliphatic carbocycles. The van der Waals surface area contributed by atoms with Gasteiger partial charge >= 0.3 is 0 Å². The Labute approximate surface area is 182 Å². The molecule has 2 heterocycles. The number of nitrogens with one attached hydrogen (secondary N) is 1. The first-order valence-corrected chi connectivity index (χ1v) is 10.6. The summed E-state index contributed by atoms with van der Waals surface area (Å²) in [5, 5.41) is 4.78. The summed E-state index contributed by atoms with van der Waals surface area (Å²) >= 11 is 5.70. The van der Waals surface area contributed by atoms with Crippen LogP contribution in [0.15, 0.2) is 67.3 Å². The van der Waals surface area contributed by atoms with E-state index in [1.54, 1.807) is 0 Å². The molecule has 1 aliphatic rings. The molecule has 0 bridgehead atoms. The molecule has 1 N–H and O–H groups in total. The van der Waals surface area contributed by atoms with Gasteiger partial charge in [-0.3, -0.25) is 4.57 Å². The first-order chi connectivity index (χ1) is 14.8. The molecule has 0 spiro atoms. The summed E-state index contributed by atoms with van der Waals surface area (Å²) in [5.74, 6) is 1.63. The van der Waals surface area contributed by atoms with E-state index >= 15 is 0 Å². The van der Waals surface area contributed by atoms with E-state index in [1.807, 2.05) is 51.7 Å². The lowest BCUT2D eigenvalue weighted by molar-refractivity contribution is -0.931. The second-order valence-electron chi connectivity index (χ2n) is 7.27. The molecule has 0 atom stereocenters. The number of rotatable bonds is 8. The van der Waals surface area contributed by atoms with Crippen molar-refractivity contribution in [2.75, 3.05) is 26.3 Å². The number of morpholine rings is 1. The lowest BCUT2D eigenvalue weighted by Crippen LogP contribution is -3.13. The Hall–Kier alpha value is -2.74. The van der Waals surface area contributed by atoms with Crippen molar-refractivity contribution in [1.29, 1.82) is 0 Å². The topological polar surface area (TPSA) is 45.7 Å². The van der Waals surface area contributed by atoms with Gasteiger partial charge in [0.25, 0.3) is 0 Å². The molecule has 1 saturated heterocycles. The lowest BCUT2D eigenvalue weighted by Gasteiger charge is -2.23. The number of ether oxygens (including phenoxy) is 2. The molecule has 7 heteroatoms. The fraction of sp³-hybridized carbons (Fsp3) is 0.304. The van der Waals surface area contributed by atoms with Crippen LogP contribution in [0.25, 0.3) is 11.1 Å². The van der Waals surface area contributed by atoms with Crippen molar-refractivity contribution >= 4 is 12.2 Å². The van der Waals surface area contributed by atoms with Crippen LogP contribution in [0.2, 0.25) is 0 Å². The van der Waals surface area contributed by atoms with Crippen LogP contribution >= 0.6 is 12.2 Å². The Kier molecular flexibility index (Phi) is 6.74. The van der Waals surface area contributed by atoms with Gasteiger partial charge in [-0.25, -0.2) is 0 Å². The zero-order valence-electron chi connectivity index (χ0n) is 17.0. The molecule has 0 unspecified atom stereocenters. The summed E-state index contributed by atoms with van der Waals surface area (Å²) < 4.78 is 16.3. The van der Waals surface area contributed by atoms with Gasteiger partial charge in [0.2, 0.25) is 4.77 Å². The highest BCUT2D eigenvalue weighted by molar-refractivity contribution is 7.71. The van der Waals surface area contributed by atoms with Gasteiger partial charge < -0.3 is 14.4 Å². The van der Waals surface area contributed by atoms with Crippen LogP contribution in [0.3, 0.4) is 0 Å². The van der Waals surface area contributed by atoms with Crippen molar-refractivity contribution in [3.63, 3.8) is 0 Å². The van der Waals surface area contributed by atoms with Crippen molar-refractivity contribution in [2.45, 2.75) is 19.8 Å². The molecule has 2 aromatic carbocycles. The molecular formula is C23H27N4O2S+. The largest absolute Gasteiger partial charge is 0.485 e. The lowest BCUT2D eigenvalue weighted by atomic mass is 10.1. The molecule has 4 rings (SSSR count). The molecule has 0 radical (unpaired) electrons. The average molecular weight is 424 g/mol. The Morgan fingerprint density at radius 3 is 2.60 bits per heavy atom. The van der Waals surface area contributed by atoms with Crippen LogP contribution in [0.5, 0.6) is 5.75 Å². The summed E-state index contributed by atoms with van der Waals surface area (Å²) in [7, 11) is 0. The fourth-order valence-corrected chi connectivity index (χ4v) is 3.91. The predicted molar refractivity (Wildman–Crippen MR) is 119 cm³/mol. The Morgan fingerprint density at radius 1 is 1.10 bits per heavy atom. The van der Waals surface area contributed by atoms with E-state index in [9.17, 15) is 0 Å². The number of para-hydroxylation sites is 1. The quantitative estimate of drug-likeness (QED) is 0.447. The number of nitrogens with zero attached hydrogens (tertiary/aromatic N) is 3. The van der Waals surface area contributed by atoms with Crippen LogP contribution < -0.4 is 9.64 Å². The van der Waals surface area contributed by atoms with Crippen LogP contribution in [0.1, 0.15) is 5.82 Å². The zero-order valence-corrected chi connectivity index (χ0v) is 17.8. The van der Waals surface area contributed by atoms with Gasteiger partial charge in [-0.2, -0.15) is 4.68 Å². The molecule has 0 saturated carbocycles. The third kappa shape index (κ3) is 4.70. The molecule has 156 valence electrons. The first-order valence-electron chi connectivity index (χ1n) is 10.2. The Balaban J connectivity index is 1.55. The second kappa shape index (κ2) is 9.84. The Bertz CT molecular complexity index is 1040. The van der Waals surface area contributed by atoms with E-state index in [-0.39, 0.29) is 0 Å². The number of quaternary nitrogens is 1. The van der Waals surface area contributed by atoms with Gasteiger partial charge in [-0.15, -0.1) is 11.7 Å². The minimum absolute atomic E-state index is 0.340. The van der Waals surface area contributed by atoms with Crippen molar-refractivity contribution in [2.24, 2.45) is 0 Å². The van der Waals surface area contributed by atoms with Gasteiger partial charge in [0.15, 0.2) is 12.5 Å². The van der Waals surface area contributed by atoms with Crippen molar-refractivity contribution in [3.05, 3.63) is 77.8 Å². The highest BCUT2D eigenvalue weighted by atomic mass is 32.1. The van der Waals surface area contributed by atoms with Gasteiger partial charge in [0, 0.05) is 12.1 Å². The van der Waals surface area contributed by atoms with Crippen LogP contribution in [-0.2, 0) is 24.6 Å².